The topological polar surface area (TPSA) is 64.6 Å². The van der Waals surface area contributed by atoms with E-state index in [1.165, 1.54) is 176 Å². The molecule has 0 radical (unpaired) electrons. The third-order valence-electron chi connectivity index (χ3n) is 12.6. The molecule has 3 rings (SSSR count). The number of hydrogen-bond donors (Lipinski definition) is 1. The largest absolute Gasteiger partial charge is 0.461 e. The van der Waals surface area contributed by atoms with Crippen LogP contribution in [0.25, 0.3) is 11.1 Å². The first-order chi connectivity index (χ1) is 30.6. The van der Waals surface area contributed by atoms with E-state index in [9.17, 15) is 9.59 Å². The van der Waals surface area contributed by atoms with Crippen molar-refractivity contribution >= 4 is 23.8 Å². The summed E-state index contributed by atoms with van der Waals surface area (Å²) in [5, 5.41) is 2.92. The molecule has 0 saturated heterocycles. The number of thioether (sulfide) groups is 1. The molecule has 0 bridgehead atoms. The van der Waals surface area contributed by atoms with Gasteiger partial charge in [0.05, 0.1) is 0 Å². The van der Waals surface area contributed by atoms with E-state index in [0.29, 0.717) is 6.42 Å². The van der Waals surface area contributed by atoms with Crippen LogP contribution in [0.5, 0.6) is 0 Å². The predicted molar refractivity (Wildman–Crippen MR) is 268 cm³/mol. The van der Waals surface area contributed by atoms with Crippen molar-refractivity contribution in [3.05, 3.63) is 84.0 Å². The van der Waals surface area contributed by atoms with E-state index in [-0.39, 0.29) is 24.6 Å². The third kappa shape index (κ3) is 23.6. The van der Waals surface area contributed by atoms with E-state index in [1.807, 2.05) is 18.4 Å². The summed E-state index contributed by atoms with van der Waals surface area (Å²) in [6.07, 6.45) is 47.6. The number of ether oxygens (including phenoxy) is 2. The van der Waals surface area contributed by atoms with E-state index in [1.54, 1.807) is 11.8 Å². The molecule has 0 fully saturated rings. The van der Waals surface area contributed by atoms with Crippen LogP contribution in [-0.4, -0.2) is 42.8 Å². The molecule has 1 unspecified atom stereocenters. The van der Waals surface area contributed by atoms with Gasteiger partial charge in [-0.05, 0) is 118 Å². The van der Waals surface area contributed by atoms with Gasteiger partial charge in [0, 0.05) is 5.92 Å². The second-order valence-electron chi connectivity index (χ2n) is 18.0. The van der Waals surface area contributed by atoms with Gasteiger partial charge in [0.25, 0.3) is 0 Å². The van der Waals surface area contributed by atoms with Crippen molar-refractivity contribution < 1.29 is 19.1 Å². The Balaban J connectivity index is 1.42. The van der Waals surface area contributed by atoms with Gasteiger partial charge in [-0.1, -0.05) is 196 Å². The van der Waals surface area contributed by atoms with Crippen LogP contribution in [0.4, 0.5) is 4.79 Å². The molecule has 0 heterocycles. The molecule has 0 saturated carbocycles. The van der Waals surface area contributed by atoms with Crippen LogP contribution in [0, 0.1) is 0 Å². The van der Waals surface area contributed by atoms with Crippen molar-refractivity contribution in [1.29, 1.82) is 0 Å². The predicted octanol–water partition coefficient (Wildman–Crippen LogP) is 17.0. The van der Waals surface area contributed by atoms with Gasteiger partial charge in [0.2, 0.25) is 0 Å². The minimum absolute atomic E-state index is 0.0305. The van der Waals surface area contributed by atoms with Crippen molar-refractivity contribution in [2.75, 3.05) is 18.6 Å². The lowest BCUT2D eigenvalue weighted by molar-refractivity contribution is -0.152. The van der Waals surface area contributed by atoms with Crippen LogP contribution >= 0.6 is 11.8 Å². The number of esters is 1. The van der Waals surface area contributed by atoms with E-state index in [4.69, 9.17) is 9.47 Å². The second kappa shape index (κ2) is 36.4. The van der Waals surface area contributed by atoms with Gasteiger partial charge in [-0.3, -0.25) is 0 Å². The van der Waals surface area contributed by atoms with Crippen LogP contribution in [0.1, 0.15) is 224 Å². The molecule has 0 aromatic heterocycles. The fraction of sp³-hybridized carbons (Fsp3) is 0.679. The number of carbonyl (C=O) groups is 2. The van der Waals surface area contributed by atoms with E-state index < -0.39 is 12.1 Å². The van der Waals surface area contributed by atoms with Crippen molar-refractivity contribution in [2.24, 2.45) is 0 Å². The highest BCUT2D eigenvalue weighted by molar-refractivity contribution is 7.98. The molecule has 1 N–H and O–H groups in total. The minimum Gasteiger partial charge on any atom is -0.461 e. The smallest absolute Gasteiger partial charge is 0.407 e. The van der Waals surface area contributed by atoms with Crippen molar-refractivity contribution in [2.45, 2.75) is 225 Å². The van der Waals surface area contributed by atoms with Gasteiger partial charge in [-0.2, -0.15) is 11.8 Å². The van der Waals surface area contributed by atoms with Gasteiger partial charge in [-0.15, -0.1) is 0 Å². The molecule has 2 aromatic carbocycles. The van der Waals surface area contributed by atoms with Crippen LogP contribution in [-0.2, 0) is 14.3 Å². The number of rotatable bonds is 39. The molecule has 0 spiro atoms. The number of allylic oxidation sites excluding steroid dienone is 4. The van der Waals surface area contributed by atoms with Gasteiger partial charge < -0.3 is 14.8 Å². The first-order valence-electron chi connectivity index (χ1n) is 25.7. The first kappa shape index (κ1) is 53.3. The molecule has 6 heteroatoms. The zero-order valence-corrected chi connectivity index (χ0v) is 40.6. The number of carbonyl (C=O) groups excluding carboxylic acids is 2. The summed E-state index contributed by atoms with van der Waals surface area (Å²) < 4.78 is 12.1. The Morgan fingerprint density at radius 1 is 0.565 bits per heavy atom. The highest BCUT2D eigenvalue weighted by Crippen LogP contribution is 2.44. The molecule has 5 nitrogen and oxygen atoms in total. The van der Waals surface area contributed by atoms with Crippen molar-refractivity contribution in [3.8, 4) is 11.1 Å². The molecule has 1 amide bonds. The summed E-state index contributed by atoms with van der Waals surface area (Å²) in [6, 6.07) is 16.0. The molecule has 0 aliphatic heterocycles. The van der Waals surface area contributed by atoms with E-state index in [0.717, 1.165) is 37.9 Å². The van der Waals surface area contributed by atoms with Crippen molar-refractivity contribution in [1.82, 2.24) is 5.32 Å². The molecule has 1 aliphatic carbocycles. The first-order valence-corrected chi connectivity index (χ1v) is 27.1. The molecule has 62 heavy (non-hydrogen) atoms. The van der Waals surface area contributed by atoms with Crippen LogP contribution in [0.3, 0.4) is 0 Å². The number of hydrogen-bond acceptors (Lipinski definition) is 5. The molecular formula is C56H89NO4S. The maximum Gasteiger partial charge on any atom is 0.407 e. The van der Waals surface area contributed by atoms with Crippen LogP contribution < -0.4 is 5.32 Å². The standard InChI is InChI=1S/C56H89NO4S/c1-4-6-8-10-12-14-16-18-20-22-24-26-28-30-32-34-40-48(39-33-31-29-27-25-23-21-19-17-15-13-11-9-7-5-2)61-55(58)54(45-46-62-3)57-56(59)60-47-53-51-43-37-35-41-49(51)50-42-36-38-44-52(50)53/h18-21,35-38,41-44,48,53-54H,4-17,22-34,39-40,45-47H2,1-3H3,(H,57,59)/b20-18-,21-19-/t48?,54-/m0/s1. The number of amides is 1. The summed E-state index contributed by atoms with van der Waals surface area (Å²) >= 11 is 1.67. The highest BCUT2D eigenvalue weighted by Gasteiger charge is 2.30. The normalized spacial score (nSPS) is 13.4. The molecule has 1 aliphatic rings. The monoisotopic (exact) mass is 872 g/mol. The lowest BCUT2D eigenvalue weighted by Crippen LogP contribution is -2.44. The zero-order valence-electron chi connectivity index (χ0n) is 39.8. The lowest BCUT2D eigenvalue weighted by Gasteiger charge is -2.23. The Morgan fingerprint density at radius 3 is 1.40 bits per heavy atom. The maximum atomic E-state index is 13.8. The van der Waals surface area contributed by atoms with Crippen LogP contribution in [0.2, 0.25) is 0 Å². The number of benzene rings is 2. The summed E-state index contributed by atoms with van der Waals surface area (Å²) in [4.78, 5) is 27.1. The van der Waals surface area contributed by atoms with Gasteiger partial charge in [-0.25, -0.2) is 9.59 Å². The zero-order chi connectivity index (χ0) is 44.1. The Kier molecular flexibility index (Phi) is 31.3. The Morgan fingerprint density at radius 2 is 0.968 bits per heavy atom. The third-order valence-corrected chi connectivity index (χ3v) is 13.3. The van der Waals surface area contributed by atoms with E-state index >= 15 is 0 Å². The summed E-state index contributed by atoms with van der Waals surface area (Å²) in [6.45, 7) is 4.78. The Bertz CT molecular complexity index is 1440. The van der Waals surface area contributed by atoms with Gasteiger partial charge in [0.1, 0.15) is 18.8 Å². The number of alkyl carbamates (subject to hydrolysis) is 1. The van der Waals surface area contributed by atoms with E-state index in [2.05, 4.69) is 79.9 Å². The highest BCUT2D eigenvalue weighted by atomic mass is 32.2. The fourth-order valence-electron chi connectivity index (χ4n) is 8.84. The molecule has 2 aromatic rings. The van der Waals surface area contributed by atoms with Crippen molar-refractivity contribution in [3.63, 3.8) is 0 Å². The lowest BCUT2D eigenvalue weighted by atomic mass is 9.98. The summed E-state index contributed by atoms with van der Waals surface area (Å²) in [5.74, 6) is 0.393. The summed E-state index contributed by atoms with van der Waals surface area (Å²) in [7, 11) is 0. The molecule has 348 valence electrons. The SMILES string of the molecule is CCCCCCCC/C=C\CCCCCCCCC(CCCCCCC/C=C\CCCCCCCC)OC(=O)[C@H](CCSC)NC(=O)OCC1c2ccccc2-c2ccccc21. The quantitative estimate of drug-likeness (QED) is 0.0412. The molecular weight excluding hydrogens is 783 g/mol. The number of unbranched alkanes of at least 4 members (excludes halogenated alkanes) is 23. The Hall–Kier alpha value is -2.99. The summed E-state index contributed by atoms with van der Waals surface area (Å²) in [5.41, 5.74) is 4.73. The number of fused-ring (bicyclic) bond motifs is 3. The molecule has 2 atom stereocenters. The van der Waals surface area contributed by atoms with Gasteiger partial charge in [0.15, 0.2) is 0 Å². The Labute approximate surface area is 384 Å². The average Bonchev–Trinajstić information content (AvgIpc) is 3.61. The maximum absolute atomic E-state index is 13.8. The average molecular weight is 872 g/mol. The van der Waals surface area contributed by atoms with Crippen LogP contribution in [0.15, 0.2) is 72.8 Å². The van der Waals surface area contributed by atoms with Gasteiger partial charge >= 0.3 is 12.1 Å². The second-order valence-corrected chi connectivity index (χ2v) is 18.9. The fourth-order valence-corrected chi connectivity index (χ4v) is 9.31. The minimum atomic E-state index is -0.727. The number of nitrogens with one attached hydrogen (secondary N) is 1.